The van der Waals surface area contributed by atoms with E-state index in [1.807, 2.05) is 4.90 Å². The summed E-state index contributed by atoms with van der Waals surface area (Å²) in [5.41, 5.74) is 0.895. The van der Waals surface area contributed by atoms with Crippen LogP contribution in [0.25, 0.3) is 22.3 Å². The molecule has 180 valence electrons. The average molecular weight is 490 g/mol. The minimum Gasteiger partial charge on any atom is -0.366 e. The van der Waals surface area contributed by atoms with Crippen molar-refractivity contribution in [2.24, 2.45) is 12.5 Å². The number of piperidine rings is 1. The third-order valence-electron chi connectivity index (χ3n) is 7.60. The lowest BCUT2D eigenvalue weighted by atomic mass is 9.77. The summed E-state index contributed by atoms with van der Waals surface area (Å²) in [6.45, 7) is 1.18. The SMILES string of the molecule is Cn1c(N2CCC3(CC2)CCC(F)(F)C3)nc2[nH]nc(-c3ccnc(NC4CC4)c3Cl)c2c1=O. The molecule has 6 rings (SSSR count). The van der Waals surface area contributed by atoms with Crippen molar-refractivity contribution < 1.29 is 8.78 Å². The molecular formula is C23H26ClF2N7O. The number of hydrogen-bond donors (Lipinski definition) is 2. The Morgan fingerprint density at radius 1 is 1.21 bits per heavy atom. The van der Waals surface area contributed by atoms with E-state index in [0.29, 0.717) is 77.5 Å². The molecule has 1 spiro atoms. The Kier molecular flexibility index (Phi) is 4.88. The molecule has 0 radical (unpaired) electrons. The maximum absolute atomic E-state index is 13.8. The molecule has 0 unspecified atom stereocenters. The van der Waals surface area contributed by atoms with Crippen molar-refractivity contribution in [2.75, 3.05) is 23.3 Å². The maximum Gasteiger partial charge on any atom is 0.266 e. The first kappa shape index (κ1) is 21.8. The van der Waals surface area contributed by atoms with E-state index in [-0.39, 0.29) is 23.8 Å². The van der Waals surface area contributed by atoms with Crippen LogP contribution in [0.4, 0.5) is 20.5 Å². The van der Waals surface area contributed by atoms with Crippen LogP contribution >= 0.6 is 11.6 Å². The van der Waals surface area contributed by atoms with Gasteiger partial charge in [0.1, 0.15) is 16.9 Å². The third kappa shape index (κ3) is 3.62. The van der Waals surface area contributed by atoms with Gasteiger partial charge in [-0.2, -0.15) is 10.1 Å². The molecule has 0 amide bonds. The predicted octanol–water partition coefficient (Wildman–Crippen LogP) is 4.35. The summed E-state index contributed by atoms with van der Waals surface area (Å²) in [5.74, 6) is -1.45. The van der Waals surface area contributed by atoms with Crippen LogP contribution in [0.5, 0.6) is 0 Å². The molecule has 0 bridgehead atoms. The van der Waals surface area contributed by atoms with Gasteiger partial charge in [-0.15, -0.1) is 0 Å². The van der Waals surface area contributed by atoms with Crippen molar-refractivity contribution in [1.82, 2.24) is 24.7 Å². The van der Waals surface area contributed by atoms with Crippen molar-refractivity contribution in [3.8, 4) is 11.3 Å². The van der Waals surface area contributed by atoms with Crippen LogP contribution in [0.3, 0.4) is 0 Å². The van der Waals surface area contributed by atoms with E-state index in [1.54, 1.807) is 19.3 Å². The summed E-state index contributed by atoms with van der Waals surface area (Å²) in [6, 6.07) is 2.12. The highest BCUT2D eigenvalue weighted by Gasteiger charge is 2.50. The molecule has 34 heavy (non-hydrogen) atoms. The van der Waals surface area contributed by atoms with E-state index in [9.17, 15) is 13.6 Å². The van der Waals surface area contributed by atoms with Crippen LogP contribution in [-0.2, 0) is 7.05 Å². The lowest BCUT2D eigenvalue weighted by Crippen LogP contribution is -2.42. The van der Waals surface area contributed by atoms with Crippen LogP contribution in [-0.4, -0.2) is 49.8 Å². The first-order valence-corrected chi connectivity index (χ1v) is 12.1. The van der Waals surface area contributed by atoms with Crippen LogP contribution in [0, 0.1) is 5.41 Å². The second-order valence-corrected chi connectivity index (χ2v) is 10.4. The summed E-state index contributed by atoms with van der Waals surface area (Å²) in [4.78, 5) is 24.5. The van der Waals surface area contributed by atoms with Crippen molar-refractivity contribution in [1.29, 1.82) is 0 Å². The minimum absolute atomic E-state index is 0.0257. The smallest absolute Gasteiger partial charge is 0.266 e. The van der Waals surface area contributed by atoms with E-state index in [2.05, 4.69) is 20.5 Å². The van der Waals surface area contributed by atoms with Crippen LogP contribution in [0.1, 0.15) is 44.9 Å². The number of alkyl halides is 2. The Balaban J connectivity index is 1.32. The fourth-order valence-electron chi connectivity index (χ4n) is 5.46. The number of fused-ring (bicyclic) bond motifs is 1. The number of H-pyrrole nitrogens is 1. The molecule has 1 saturated heterocycles. The number of nitrogens with zero attached hydrogens (tertiary/aromatic N) is 5. The topological polar surface area (TPSA) is 91.7 Å². The van der Waals surface area contributed by atoms with Crippen LogP contribution in [0.2, 0.25) is 5.02 Å². The van der Waals surface area contributed by atoms with Gasteiger partial charge in [-0.25, -0.2) is 13.8 Å². The van der Waals surface area contributed by atoms with Crippen molar-refractivity contribution in [3.05, 3.63) is 27.6 Å². The van der Waals surface area contributed by atoms with E-state index >= 15 is 0 Å². The molecular weight excluding hydrogens is 464 g/mol. The van der Waals surface area contributed by atoms with E-state index in [1.165, 1.54) is 4.57 Å². The first-order valence-electron chi connectivity index (χ1n) is 11.7. The average Bonchev–Trinajstić information content (AvgIpc) is 3.44. The molecule has 3 aliphatic rings. The summed E-state index contributed by atoms with van der Waals surface area (Å²) < 4.78 is 29.2. The van der Waals surface area contributed by atoms with Gasteiger partial charge < -0.3 is 10.2 Å². The molecule has 0 aromatic carbocycles. The van der Waals surface area contributed by atoms with Crippen molar-refractivity contribution in [2.45, 2.75) is 56.9 Å². The number of anilines is 2. The second-order valence-electron chi connectivity index (χ2n) is 10.0. The Morgan fingerprint density at radius 3 is 2.65 bits per heavy atom. The van der Waals surface area contributed by atoms with Gasteiger partial charge in [0, 0.05) is 50.8 Å². The van der Waals surface area contributed by atoms with Gasteiger partial charge in [0.15, 0.2) is 5.65 Å². The van der Waals surface area contributed by atoms with Gasteiger partial charge in [0.05, 0.1) is 5.02 Å². The van der Waals surface area contributed by atoms with Gasteiger partial charge in [0.2, 0.25) is 11.9 Å². The van der Waals surface area contributed by atoms with Crippen LogP contribution < -0.4 is 15.8 Å². The number of aromatic nitrogens is 5. The molecule has 2 aliphatic carbocycles. The predicted molar refractivity (Wildman–Crippen MR) is 127 cm³/mol. The van der Waals surface area contributed by atoms with Gasteiger partial charge in [-0.1, -0.05) is 11.6 Å². The van der Waals surface area contributed by atoms with Gasteiger partial charge in [-0.3, -0.25) is 14.5 Å². The Labute approximate surface area is 199 Å². The normalized spacial score (nSPS) is 21.5. The van der Waals surface area contributed by atoms with Gasteiger partial charge in [-0.05, 0) is 43.6 Å². The lowest BCUT2D eigenvalue weighted by Gasteiger charge is -2.40. The zero-order valence-electron chi connectivity index (χ0n) is 18.9. The molecule has 2 N–H and O–H groups in total. The highest BCUT2D eigenvalue weighted by atomic mass is 35.5. The summed E-state index contributed by atoms with van der Waals surface area (Å²) in [7, 11) is 1.68. The van der Waals surface area contributed by atoms with Crippen LogP contribution in [0.15, 0.2) is 17.1 Å². The number of pyridine rings is 1. The largest absolute Gasteiger partial charge is 0.366 e. The molecule has 1 aliphatic heterocycles. The summed E-state index contributed by atoms with van der Waals surface area (Å²) in [6.07, 6.45) is 5.67. The molecule has 11 heteroatoms. The maximum atomic E-state index is 13.8. The highest BCUT2D eigenvalue weighted by Crippen LogP contribution is 2.53. The molecule has 0 atom stereocenters. The molecule has 4 heterocycles. The highest BCUT2D eigenvalue weighted by molar-refractivity contribution is 6.36. The lowest BCUT2D eigenvalue weighted by molar-refractivity contribution is -0.00685. The minimum atomic E-state index is -2.55. The fraction of sp³-hybridized carbons (Fsp3) is 0.565. The molecule has 8 nitrogen and oxygen atoms in total. The zero-order chi connectivity index (χ0) is 23.7. The molecule has 3 fully saturated rings. The van der Waals surface area contributed by atoms with E-state index < -0.39 is 5.92 Å². The van der Waals surface area contributed by atoms with E-state index in [0.717, 1.165) is 12.8 Å². The Hall–Kier alpha value is -2.75. The van der Waals surface area contributed by atoms with E-state index in [4.69, 9.17) is 16.6 Å². The second kappa shape index (κ2) is 7.63. The molecule has 3 aromatic rings. The molecule has 3 aromatic heterocycles. The standard InChI is InChI=1S/C23H26ClF2N7O/c1-32-20(34)15-17(14-4-9-27-19(16(14)24)28-13-2-3-13)30-31-18(15)29-21(32)33-10-7-22(8-11-33)5-6-23(25,26)12-22/h4,9,13H,2-3,5-8,10-12H2,1H3,(H,27,28)(H,30,31). The summed E-state index contributed by atoms with van der Waals surface area (Å²) in [5, 5.41) is 11.4. The van der Waals surface area contributed by atoms with Gasteiger partial charge >= 0.3 is 0 Å². The van der Waals surface area contributed by atoms with Gasteiger partial charge in [0.25, 0.3) is 5.56 Å². The van der Waals surface area contributed by atoms with Crippen molar-refractivity contribution in [3.63, 3.8) is 0 Å². The fourth-order valence-corrected chi connectivity index (χ4v) is 5.71. The number of nitrogens with one attached hydrogen (secondary N) is 2. The number of hydrogen-bond acceptors (Lipinski definition) is 6. The number of halogens is 3. The van der Waals surface area contributed by atoms with Crippen molar-refractivity contribution >= 4 is 34.4 Å². The zero-order valence-corrected chi connectivity index (χ0v) is 19.6. The number of aromatic amines is 1. The monoisotopic (exact) mass is 489 g/mol. The first-order chi connectivity index (χ1) is 16.3. The Bertz CT molecular complexity index is 1320. The third-order valence-corrected chi connectivity index (χ3v) is 7.98. The number of rotatable bonds is 4. The Morgan fingerprint density at radius 2 is 1.97 bits per heavy atom. The molecule has 2 saturated carbocycles. The summed E-state index contributed by atoms with van der Waals surface area (Å²) >= 11 is 6.63. The quantitative estimate of drug-likeness (QED) is 0.566.